The summed E-state index contributed by atoms with van der Waals surface area (Å²) in [6.07, 6.45) is 2.80. The van der Waals surface area contributed by atoms with Crippen molar-refractivity contribution < 1.29 is 22.2 Å². The zero-order chi connectivity index (χ0) is 10.6. The summed E-state index contributed by atoms with van der Waals surface area (Å²) < 4.78 is 34.2. The number of hydrogen-bond donors (Lipinski definition) is 2. The largest absolute Gasteiger partial charge is 0.449 e. The molecule has 0 bridgehead atoms. The highest BCUT2D eigenvalue weighted by Crippen LogP contribution is 2.08. The topological polar surface area (TPSA) is 96.6 Å². The maximum atomic E-state index is 10.4. The minimum atomic E-state index is -4.21. The van der Waals surface area contributed by atoms with Gasteiger partial charge in [0.05, 0.1) is 6.26 Å². The van der Waals surface area contributed by atoms with Gasteiger partial charge in [-0.2, -0.15) is 8.42 Å². The van der Waals surface area contributed by atoms with Gasteiger partial charge in [-0.1, -0.05) is 0 Å². The Labute approximate surface area is 80.7 Å². The average Bonchev–Trinajstić information content (AvgIpc) is 2.53. The van der Waals surface area contributed by atoms with Crippen LogP contribution in [-0.4, -0.2) is 31.1 Å². The van der Waals surface area contributed by atoms with E-state index < -0.39 is 21.9 Å². The molecule has 0 amide bonds. The molecule has 0 aliphatic heterocycles. The molecule has 1 atom stereocenters. The SMILES string of the molecule is O=[C][C@H](CS(=O)(=O)O)Nc1ccco1. The van der Waals surface area contributed by atoms with Gasteiger partial charge in [0.2, 0.25) is 6.29 Å². The summed E-state index contributed by atoms with van der Waals surface area (Å²) in [6, 6.07) is 1.93. The maximum absolute atomic E-state index is 10.4. The average molecular weight is 218 g/mol. The van der Waals surface area contributed by atoms with Gasteiger partial charge in [0.25, 0.3) is 10.1 Å². The molecule has 1 heterocycles. The van der Waals surface area contributed by atoms with Crippen LogP contribution in [-0.2, 0) is 14.9 Å². The molecule has 0 aromatic carbocycles. The van der Waals surface area contributed by atoms with Crippen molar-refractivity contribution in [3.63, 3.8) is 0 Å². The molecule has 77 valence electrons. The molecule has 0 saturated heterocycles. The van der Waals surface area contributed by atoms with E-state index in [2.05, 4.69) is 5.32 Å². The van der Waals surface area contributed by atoms with Gasteiger partial charge in [0.1, 0.15) is 11.8 Å². The van der Waals surface area contributed by atoms with E-state index in [-0.39, 0.29) is 5.88 Å². The summed E-state index contributed by atoms with van der Waals surface area (Å²) in [6.45, 7) is 0. The number of rotatable bonds is 5. The lowest BCUT2D eigenvalue weighted by Gasteiger charge is -2.07. The van der Waals surface area contributed by atoms with Gasteiger partial charge in [-0.25, -0.2) is 0 Å². The maximum Gasteiger partial charge on any atom is 0.267 e. The smallest absolute Gasteiger partial charge is 0.267 e. The Morgan fingerprint density at radius 1 is 1.64 bits per heavy atom. The normalized spacial score (nSPS) is 13.5. The van der Waals surface area contributed by atoms with Crippen LogP contribution in [0.2, 0.25) is 0 Å². The third kappa shape index (κ3) is 3.58. The lowest BCUT2D eigenvalue weighted by atomic mass is 10.4. The Balaban J connectivity index is 2.61. The van der Waals surface area contributed by atoms with Crippen molar-refractivity contribution in [1.82, 2.24) is 0 Å². The first-order valence-corrected chi connectivity index (χ1v) is 5.25. The number of furan rings is 1. The highest BCUT2D eigenvalue weighted by atomic mass is 32.2. The van der Waals surface area contributed by atoms with Crippen molar-refractivity contribution >= 4 is 22.3 Å². The fourth-order valence-electron chi connectivity index (χ4n) is 0.848. The summed E-state index contributed by atoms with van der Waals surface area (Å²) in [4.78, 5) is 10.3. The number of anilines is 1. The number of hydrogen-bond acceptors (Lipinski definition) is 5. The van der Waals surface area contributed by atoms with Gasteiger partial charge < -0.3 is 9.73 Å². The Bertz CT molecular complexity index is 382. The predicted molar refractivity (Wildman–Crippen MR) is 48.2 cm³/mol. The zero-order valence-electron chi connectivity index (χ0n) is 7.00. The third-order valence-electron chi connectivity index (χ3n) is 1.36. The second kappa shape index (κ2) is 4.25. The van der Waals surface area contributed by atoms with E-state index >= 15 is 0 Å². The van der Waals surface area contributed by atoms with Crippen LogP contribution < -0.4 is 5.32 Å². The summed E-state index contributed by atoms with van der Waals surface area (Å²) in [7, 11) is -4.21. The van der Waals surface area contributed by atoms with E-state index in [0.717, 1.165) is 0 Å². The molecule has 1 rings (SSSR count). The van der Waals surface area contributed by atoms with Gasteiger partial charge in [0.15, 0.2) is 5.88 Å². The minimum Gasteiger partial charge on any atom is -0.449 e. The Kier molecular flexibility index (Phi) is 3.26. The Hall–Kier alpha value is -1.34. The van der Waals surface area contributed by atoms with Crippen LogP contribution in [0.5, 0.6) is 0 Å². The van der Waals surface area contributed by atoms with Crippen molar-refractivity contribution in [3.8, 4) is 0 Å². The molecule has 1 aromatic heterocycles. The van der Waals surface area contributed by atoms with Crippen LogP contribution in [0.25, 0.3) is 0 Å². The molecular weight excluding hydrogens is 210 g/mol. The second-order valence-corrected chi connectivity index (χ2v) is 4.04. The fourth-order valence-corrected chi connectivity index (χ4v) is 1.42. The lowest BCUT2D eigenvalue weighted by Crippen LogP contribution is -2.29. The van der Waals surface area contributed by atoms with Crippen molar-refractivity contribution in [2.24, 2.45) is 0 Å². The van der Waals surface area contributed by atoms with Crippen molar-refractivity contribution in [2.75, 3.05) is 11.1 Å². The van der Waals surface area contributed by atoms with E-state index in [9.17, 15) is 13.2 Å². The first kappa shape index (κ1) is 10.7. The fraction of sp³-hybridized carbons (Fsp3) is 0.286. The zero-order valence-corrected chi connectivity index (χ0v) is 7.82. The molecule has 0 unspecified atom stereocenters. The molecule has 0 fully saturated rings. The highest BCUT2D eigenvalue weighted by molar-refractivity contribution is 7.85. The molecule has 14 heavy (non-hydrogen) atoms. The minimum absolute atomic E-state index is 0.238. The number of carbonyl (C=O) groups excluding carboxylic acids is 1. The summed E-state index contributed by atoms with van der Waals surface area (Å²) in [5, 5.41) is 2.44. The second-order valence-electron chi connectivity index (χ2n) is 2.54. The summed E-state index contributed by atoms with van der Waals surface area (Å²) in [5.74, 6) is -0.501. The molecule has 1 aromatic rings. The van der Waals surface area contributed by atoms with Crippen LogP contribution in [0.4, 0.5) is 5.88 Å². The standard InChI is InChI=1S/C7H8NO5S/c9-4-6(5-14(10,11)12)8-7-2-1-3-13-7/h1-3,6,8H,5H2,(H,10,11,12)/t6-/m1/s1. The van der Waals surface area contributed by atoms with Gasteiger partial charge in [-0.05, 0) is 6.07 Å². The first-order chi connectivity index (χ1) is 6.51. The van der Waals surface area contributed by atoms with Crippen molar-refractivity contribution in [3.05, 3.63) is 18.4 Å². The first-order valence-electron chi connectivity index (χ1n) is 3.64. The molecule has 7 heteroatoms. The number of nitrogens with one attached hydrogen (secondary N) is 1. The monoisotopic (exact) mass is 218 g/mol. The van der Waals surface area contributed by atoms with Crippen LogP contribution in [0, 0.1) is 0 Å². The molecule has 0 saturated carbocycles. The molecular formula is C7H8NO5S. The van der Waals surface area contributed by atoms with Gasteiger partial charge in [-0.3, -0.25) is 9.35 Å². The summed E-state index contributed by atoms with van der Waals surface area (Å²) in [5.41, 5.74) is 0. The van der Waals surface area contributed by atoms with E-state index in [1.807, 2.05) is 0 Å². The highest BCUT2D eigenvalue weighted by Gasteiger charge is 2.17. The molecule has 1 radical (unpaired) electrons. The molecule has 0 spiro atoms. The van der Waals surface area contributed by atoms with Crippen LogP contribution in [0.3, 0.4) is 0 Å². The molecule has 0 aliphatic rings. The van der Waals surface area contributed by atoms with E-state index in [4.69, 9.17) is 8.97 Å². The van der Waals surface area contributed by atoms with Gasteiger partial charge in [-0.15, -0.1) is 0 Å². The third-order valence-corrected chi connectivity index (χ3v) is 2.11. The Morgan fingerprint density at radius 3 is 2.79 bits per heavy atom. The van der Waals surface area contributed by atoms with Crippen molar-refractivity contribution in [2.45, 2.75) is 6.04 Å². The quantitative estimate of drug-likeness (QED) is 0.678. The molecule has 2 N–H and O–H groups in total. The van der Waals surface area contributed by atoms with E-state index in [0.29, 0.717) is 0 Å². The van der Waals surface area contributed by atoms with E-state index in [1.54, 1.807) is 6.07 Å². The summed E-state index contributed by atoms with van der Waals surface area (Å²) >= 11 is 0. The van der Waals surface area contributed by atoms with E-state index in [1.165, 1.54) is 18.6 Å². The van der Waals surface area contributed by atoms with Crippen molar-refractivity contribution in [1.29, 1.82) is 0 Å². The van der Waals surface area contributed by atoms with Gasteiger partial charge in [0, 0.05) is 6.07 Å². The predicted octanol–water partition coefficient (Wildman–Crippen LogP) is 0.0576. The van der Waals surface area contributed by atoms with Crippen LogP contribution >= 0.6 is 0 Å². The Morgan fingerprint density at radius 2 is 2.36 bits per heavy atom. The van der Waals surface area contributed by atoms with Crippen LogP contribution in [0.15, 0.2) is 22.8 Å². The van der Waals surface area contributed by atoms with Crippen LogP contribution in [0.1, 0.15) is 0 Å². The molecule has 0 aliphatic carbocycles. The molecule has 6 nitrogen and oxygen atoms in total. The van der Waals surface area contributed by atoms with Gasteiger partial charge >= 0.3 is 0 Å². The lowest BCUT2D eigenvalue weighted by molar-refractivity contribution is 0.479.